The van der Waals surface area contributed by atoms with Gasteiger partial charge >= 0.3 is 0 Å². The fourth-order valence-corrected chi connectivity index (χ4v) is 4.41. The Morgan fingerprint density at radius 2 is 1.88 bits per heavy atom. The summed E-state index contributed by atoms with van der Waals surface area (Å²) in [5.41, 5.74) is 3.53. The van der Waals surface area contributed by atoms with E-state index in [1.165, 1.54) is 11.3 Å². The number of halogens is 2. The summed E-state index contributed by atoms with van der Waals surface area (Å²) < 4.78 is 0. The topological polar surface area (TPSA) is 78.2 Å². The van der Waals surface area contributed by atoms with E-state index < -0.39 is 0 Å². The predicted molar refractivity (Wildman–Crippen MR) is 103 cm³/mol. The lowest BCUT2D eigenvalue weighted by atomic mass is 9.98. The number of aromatic amines is 1. The molecule has 5 nitrogen and oxygen atoms in total. The second-order valence-corrected chi connectivity index (χ2v) is 7.20. The highest BCUT2D eigenvalue weighted by molar-refractivity contribution is 7.19. The Balaban J connectivity index is 2.06. The molecule has 0 aliphatic carbocycles. The Labute approximate surface area is 162 Å². The van der Waals surface area contributed by atoms with E-state index in [1.807, 2.05) is 18.2 Å². The van der Waals surface area contributed by atoms with Crippen LogP contribution in [0.5, 0.6) is 0 Å². The molecular formula is C18H9Cl2N5S. The molecule has 126 valence electrons. The summed E-state index contributed by atoms with van der Waals surface area (Å²) in [5, 5.41) is 21.6. The number of nitrogens with zero attached hydrogens (tertiary/aromatic N) is 4. The molecule has 4 aromatic rings. The fraction of sp³-hybridized carbons (Fsp3) is 0. The van der Waals surface area contributed by atoms with Crippen molar-refractivity contribution in [1.82, 2.24) is 20.4 Å². The van der Waals surface area contributed by atoms with Crippen molar-refractivity contribution in [2.75, 3.05) is 0 Å². The summed E-state index contributed by atoms with van der Waals surface area (Å²) in [6.07, 6.45) is 5.01. The Hall–Kier alpha value is -2.72. The third-order valence-electron chi connectivity index (χ3n) is 3.81. The SMILES string of the molecule is N#Cc1c(-c2ccncc2)sc(-c2cn[nH]n2)c1-c1ccc(Cl)cc1Cl. The maximum absolute atomic E-state index is 9.91. The number of aromatic nitrogens is 4. The number of hydrogen-bond donors (Lipinski definition) is 1. The summed E-state index contributed by atoms with van der Waals surface area (Å²) in [6.45, 7) is 0. The van der Waals surface area contributed by atoms with Gasteiger partial charge in [-0.3, -0.25) is 4.98 Å². The largest absolute Gasteiger partial charge is 0.265 e. The van der Waals surface area contributed by atoms with Gasteiger partial charge in [0.1, 0.15) is 11.8 Å². The molecule has 0 aliphatic heterocycles. The van der Waals surface area contributed by atoms with Gasteiger partial charge in [-0.2, -0.15) is 20.7 Å². The molecular weight excluding hydrogens is 389 g/mol. The van der Waals surface area contributed by atoms with E-state index in [2.05, 4.69) is 26.5 Å². The van der Waals surface area contributed by atoms with Crippen molar-refractivity contribution in [2.45, 2.75) is 0 Å². The molecule has 0 spiro atoms. The molecule has 1 aromatic carbocycles. The third kappa shape index (κ3) is 2.86. The zero-order valence-corrected chi connectivity index (χ0v) is 15.4. The van der Waals surface area contributed by atoms with Crippen LogP contribution in [0.4, 0.5) is 0 Å². The molecule has 0 amide bonds. The lowest BCUT2D eigenvalue weighted by Crippen LogP contribution is -1.86. The molecule has 26 heavy (non-hydrogen) atoms. The maximum atomic E-state index is 9.91. The Bertz CT molecular complexity index is 1110. The van der Waals surface area contributed by atoms with E-state index in [0.717, 1.165) is 26.4 Å². The second-order valence-electron chi connectivity index (χ2n) is 5.34. The number of pyridine rings is 1. The van der Waals surface area contributed by atoms with Crippen molar-refractivity contribution in [3.63, 3.8) is 0 Å². The van der Waals surface area contributed by atoms with E-state index >= 15 is 0 Å². The van der Waals surface area contributed by atoms with Crippen molar-refractivity contribution in [3.05, 3.63) is 64.5 Å². The predicted octanol–water partition coefficient (Wildman–Crippen LogP) is 5.44. The van der Waals surface area contributed by atoms with Crippen LogP contribution < -0.4 is 0 Å². The zero-order valence-electron chi connectivity index (χ0n) is 13.1. The second kappa shape index (κ2) is 6.89. The smallest absolute Gasteiger partial charge is 0.123 e. The Kier molecular flexibility index (Phi) is 4.43. The summed E-state index contributed by atoms with van der Waals surface area (Å²) >= 11 is 13.9. The normalized spacial score (nSPS) is 10.7. The average Bonchev–Trinajstić information content (AvgIpc) is 3.30. The van der Waals surface area contributed by atoms with Gasteiger partial charge in [0, 0.05) is 33.6 Å². The Morgan fingerprint density at radius 3 is 2.54 bits per heavy atom. The molecule has 0 saturated heterocycles. The van der Waals surface area contributed by atoms with Gasteiger partial charge in [0.25, 0.3) is 0 Å². The van der Waals surface area contributed by atoms with Gasteiger partial charge < -0.3 is 0 Å². The van der Waals surface area contributed by atoms with Crippen LogP contribution in [0.1, 0.15) is 5.56 Å². The molecule has 3 heterocycles. The van der Waals surface area contributed by atoms with Crippen LogP contribution in [-0.4, -0.2) is 20.4 Å². The number of H-pyrrole nitrogens is 1. The molecule has 1 N–H and O–H groups in total. The standard InChI is InChI=1S/C18H9Cl2N5S/c19-11-1-2-12(14(20)7-11)16-13(8-21)17(10-3-5-22-6-4-10)26-18(16)15-9-23-25-24-15/h1-7,9H,(H,23,24,25). The van der Waals surface area contributed by atoms with Crippen LogP contribution in [0.2, 0.25) is 10.0 Å². The monoisotopic (exact) mass is 397 g/mol. The number of nitrogens with one attached hydrogen (secondary N) is 1. The van der Waals surface area contributed by atoms with E-state index in [0.29, 0.717) is 21.3 Å². The molecule has 0 fully saturated rings. The highest BCUT2D eigenvalue weighted by Gasteiger charge is 2.24. The van der Waals surface area contributed by atoms with E-state index in [1.54, 1.807) is 30.7 Å². The lowest BCUT2D eigenvalue weighted by Gasteiger charge is -2.06. The van der Waals surface area contributed by atoms with Crippen LogP contribution in [0.3, 0.4) is 0 Å². The highest BCUT2D eigenvalue weighted by Crippen LogP contribution is 2.48. The number of thiophene rings is 1. The van der Waals surface area contributed by atoms with Gasteiger partial charge in [0.15, 0.2) is 0 Å². The fourth-order valence-electron chi connectivity index (χ4n) is 2.68. The molecule has 0 saturated carbocycles. The van der Waals surface area contributed by atoms with Gasteiger partial charge in [0.05, 0.1) is 21.5 Å². The van der Waals surface area contributed by atoms with E-state index in [4.69, 9.17) is 23.2 Å². The molecule has 8 heteroatoms. The quantitative estimate of drug-likeness (QED) is 0.498. The maximum Gasteiger partial charge on any atom is 0.123 e. The molecule has 4 rings (SSSR count). The van der Waals surface area contributed by atoms with E-state index in [-0.39, 0.29) is 0 Å². The van der Waals surface area contributed by atoms with Gasteiger partial charge in [0.2, 0.25) is 0 Å². The average molecular weight is 398 g/mol. The summed E-state index contributed by atoms with van der Waals surface area (Å²) in [5.74, 6) is 0. The van der Waals surface area contributed by atoms with Crippen molar-refractivity contribution < 1.29 is 0 Å². The van der Waals surface area contributed by atoms with Gasteiger partial charge in [-0.05, 0) is 29.8 Å². The van der Waals surface area contributed by atoms with Crippen LogP contribution in [0.15, 0.2) is 48.9 Å². The van der Waals surface area contributed by atoms with E-state index in [9.17, 15) is 5.26 Å². The van der Waals surface area contributed by atoms with Gasteiger partial charge in [-0.1, -0.05) is 29.3 Å². The van der Waals surface area contributed by atoms with Gasteiger partial charge in [-0.15, -0.1) is 11.3 Å². The number of rotatable bonds is 3. The molecule has 0 unspecified atom stereocenters. The third-order valence-corrected chi connectivity index (χ3v) is 5.62. The number of nitriles is 1. The minimum atomic E-state index is 0.470. The minimum Gasteiger partial charge on any atom is -0.265 e. The highest BCUT2D eigenvalue weighted by atomic mass is 35.5. The Morgan fingerprint density at radius 1 is 1.08 bits per heavy atom. The van der Waals surface area contributed by atoms with Crippen molar-refractivity contribution in [1.29, 1.82) is 5.26 Å². The first-order valence-electron chi connectivity index (χ1n) is 7.48. The first-order valence-corrected chi connectivity index (χ1v) is 9.05. The van der Waals surface area contributed by atoms with Crippen LogP contribution in [0.25, 0.3) is 32.1 Å². The summed E-state index contributed by atoms with van der Waals surface area (Å²) in [6, 6.07) is 11.3. The minimum absolute atomic E-state index is 0.470. The molecule has 0 bridgehead atoms. The van der Waals surface area contributed by atoms with Crippen LogP contribution >= 0.6 is 34.5 Å². The van der Waals surface area contributed by atoms with Gasteiger partial charge in [-0.25, -0.2) is 0 Å². The van der Waals surface area contributed by atoms with Crippen LogP contribution in [-0.2, 0) is 0 Å². The van der Waals surface area contributed by atoms with Crippen molar-refractivity contribution >= 4 is 34.5 Å². The summed E-state index contributed by atoms with van der Waals surface area (Å²) in [7, 11) is 0. The van der Waals surface area contributed by atoms with Crippen molar-refractivity contribution in [2.24, 2.45) is 0 Å². The summed E-state index contributed by atoms with van der Waals surface area (Å²) in [4.78, 5) is 5.69. The van der Waals surface area contributed by atoms with Crippen LogP contribution in [0, 0.1) is 11.3 Å². The molecule has 0 radical (unpaired) electrons. The number of hydrogen-bond acceptors (Lipinski definition) is 5. The first-order chi connectivity index (χ1) is 12.7. The number of benzene rings is 1. The zero-order chi connectivity index (χ0) is 18.1. The lowest BCUT2D eigenvalue weighted by molar-refractivity contribution is 0.942. The molecule has 0 atom stereocenters. The molecule has 3 aromatic heterocycles. The molecule has 0 aliphatic rings. The first kappa shape index (κ1) is 16.7. The van der Waals surface area contributed by atoms with Crippen molar-refractivity contribution in [3.8, 4) is 38.2 Å².